The van der Waals surface area contributed by atoms with E-state index in [0.29, 0.717) is 0 Å². The van der Waals surface area contributed by atoms with Crippen LogP contribution < -0.4 is 0 Å². The first-order valence-electron chi connectivity index (χ1n) is 9.30. The van der Waals surface area contributed by atoms with E-state index >= 15 is 0 Å². The molecule has 138 valence electrons. The standard InChI is InChI=1S/C21H22ClN5/c22-19-8-6-17(7-9-19)10-23-24-20(18-4-2-1-3-5-18)21-11-25-14-26(12-21)16-27(13-21)15-25/h1-10H,11-16H2. The Morgan fingerprint density at radius 1 is 0.852 bits per heavy atom. The van der Waals surface area contributed by atoms with Crippen LogP contribution in [0.1, 0.15) is 11.1 Å². The summed E-state index contributed by atoms with van der Waals surface area (Å²) in [6.07, 6.45) is 1.81. The lowest BCUT2D eigenvalue weighted by Crippen LogP contribution is -2.74. The van der Waals surface area contributed by atoms with Gasteiger partial charge < -0.3 is 0 Å². The molecule has 2 aromatic rings. The van der Waals surface area contributed by atoms with Crippen molar-refractivity contribution in [1.82, 2.24) is 14.7 Å². The van der Waals surface area contributed by atoms with Gasteiger partial charge in [0.25, 0.3) is 0 Å². The van der Waals surface area contributed by atoms with E-state index in [1.54, 1.807) is 6.21 Å². The maximum absolute atomic E-state index is 5.97. The van der Waals surface area contributed by atoms with Gasteiger partial charge in [0.05, 0.1) is 37.3 Å². The summed E-state index contributed by atoms with van der Waals surface area (Å²) < 4.78 is 0. The normalized spacial score (nSPS) is 32.3. The molecule has 4 aliphatic rings. The van der Waals surface area contributed by atoms with E-state index in [1.807, 2.05) is 30.3 Å². The Balaban J connectivity index is 1.51. The van der Waals surface area contributed by atoms with Crippen molar-refractivity contribution in [2.24, 2.45) is 15.6 Å². The van der Waals surface area contributed by atoms with Gasteiger partial charge >= 0.3 is 0 Å². The van der Waals surface area contributed by atoms with Crippen molar-refractivity contribution in [1.29, 1.82) is 0 Å². The van der Waals surface area contributed by atoms with E-state index in [9.17, 15) is 0 Å². The molecule has 0 amide bonds. The minimum atomic E-state index is 0.00738. The lowest BCUT2D eigenvalue weighted by Gasteiger charge is -2.60. The third kappa shape index (κ3) is 3.32. The van der Waals surface area contributed by atoms with Gasteiger partial charge in [-0.25, -0.2) is 0 Å². The van der Waals surface area contributed by atoms with Crippen LogP contribution in [0, 0.1) is 5.41 Å². The van der Waals surface area contributed by atoms with Crippen molar-refractivity contribution >= 4 is 23.5 Å². The zero-order chi connectivity index (χ0) is 18.3. The quantitative estimate of drug-likeness (QED) is 0.605. The third-order valence-corrected chi connectivity index (χ3v) is 5.81. The lowest BCUT2D eigenvalue weighted by atomic mass is 9.74. The van der Waals surface area contributed by atoms with E-state index in [2.05, 4.69) is 44.1 Å². The van der Waals surface area contributed by atoms with E-state index in [-0.39, 0.29) is 5.41 Å². The van der Waals surface area contributed by atoms with Crippen LogP contribution in [0.25, 0.3) is 0 Å². The Bertz CT molecular complexity index is 840. The largest absolute Gasteiger partial charge is 0.276 e. The van der Waals surface area contributed by atoms with E-state index in [4.69, 9.17) is 16.7 Å². The van der Waals surface area contributed by atoms with Crippen molar-refractivity contribution in [3.05, 3.63) is 70.7 Å². The maximum atomic E-state index is 5.97. The van der Waals surface area contributed by atoms with E-state index in [0.717, 1.165) is 61.5 Å². The molecule has 6 heteroatoms. The zero-order valence-electron chi connectivity index (χ0n) is 15.1. The summed E-state index contributed by atoms with van der Waals surface area (Å²) in [5, 5.41) is 9.97. The van der Waals surface area contributed by atoms with Gasteiger partial charge in [-0.15, -0.1) is 0 Å². The highest BCUT2D eigenvalue weighted by Crippen LogP contribution is 2.38. The first-order valence-corrected chi connectivity index (χ1v) is 9.68. The summed E-state index contributed by atoms with van der Waals surface area (Å²) in [5.74, 6) is 0. The SMILES string of the molecule is Clc1ccc(C=NN=C(c2ccccc2)C23CN4CN(CN(C4)C2)C3)cc1. The molecule has 5 nitrogen and oxygen atoms in total. The van der Waals surface area contributed by atoms with Gasteiger partial charge in [0, 0.05) is 24.7 Å². The monoisotopic (exact) mass is 379 g/mol. The molecule has 0 spiro atoms. The first kappa shape index (κ1) is 17.1. The number of hydrogen-bond donors (Lipinski definition) is 0. The fourth-order valence-electron chi connectivity index (χ4n) is 4.71. The van der Waals surface area contributed by atoms with Crippen molar-refractivity contribution in [3.8, 4) is 0 Å². The summed E-state index contributed by atoms with van der Waals surface area (Å²) >= 11 is 5.97. The predicted octanol–water partition coefficient (Wildman–Crippen LogP) is 2.97. The molecule has 4 heterocycles. The summed E-state index contributed by atoms with van der Waals surface area (Å²) in [5.41, 5.74) is 3.26. The average Bonchev–Trinajstić information content (AvgIpc) is 2.66. The second-order valence-corrected chi connectivity index (χ2v) is 8.24. The molecule has 0 radical (unpaired) electrons. The Kier molecular flexibility index (Phi) is 4.32. The van der Waals surface area contributed by atoms with Crippen LogP contribution in [0.15, 0.2) is 64.8 Å². The topological polar surface area (TPSA) is 34.4 Å². The number of rotatable bonds is 4. The Labute approximate surface area is 164 Å². The maximum Gasteiger partial charge on any atom is 0.0802 e. The first-order chi connectivity index (χ1) is 13.2. The molecule has 27 heavy (non-hydrogen) atoms. The molecule has 4 bridgehead atoms. The molecule has 4 fully saturated rings. The van der Waals surface area contributed by atoms with Gasteiger partial charge in [0.15, 0.2) is 0 Å². The van der Waals surface area contributed by atoms with Crippen LogP contribution in [0.2, 0.25) is 5.02 Å². The molecule has 0 saturated carbocycles. The lowest BCUT2D eigenvalue weighted by molar-refractivity contribution is -0.149. The van der Waals surface area contributed by atoms with Gasteiger partial charge in [-0.05, 0) is 23.3 Å². The van der Waals surface area contributed by atoms with Crippen LogP contribution in [-0.2, 0) is 0 Å². The molecule has 0 N–H and O–H groups in total. The summed E-state index contributed by atoms with van der Waals surface area (Å²) in [4.78, 5) is 7.54. The molecule has 0 aromatic heterocycles. The van der Waals surface area contributed by atoms with Crippen molar-refractivity contribution in [2.75, 3.05) is 39.6 Å². The fourth-order valence-corrected chi connectivity index (χ4v) is 4.84. The smallest absolute Gasteiger partial charge is 0.0802 e. The Hall–Kier alpha value is -2.05. The van der Waals surface area contributed by atoms with Crippen LogP contribution in [0.3, 0.4) is 0 Å². The predicted molar refractivity (Wildman–Crippen MR) is 109 cm³/mol. The van der Waals surface area contributed by atoms with Gasteiger partial charge in [-0.1, -0.05) is 54.1 Å². The second-order valence-electron chi connectivity index (χ2n) is 7.80. The molecular formula is C21H22ClN5. The molecular weight excluding hydrogens is 358 g/mol. The van der Waals surface area contributed by atoms with Crippen molar-refractivity contribution < 1.29 is 0 Å². The molecule has 4 saturated heterocycles. The Morgan fingerprint density at radius 3 is 2.04 bits per heavy atom. The van der Waals surface area contributed by atoms with E-state index in [1.165, 1.54) is 0 Å². The third-order valence-electron chi connectivity index (χ3n) is 5.56. The van der Waals surface area contributed by atoms with Gasteiger partial charge in [-0.3, -0.25) is 14.7 Å². The minimum Gasteiger partial charge on any atom is -0.276 e. The van der Waals surface area contributed by atoms with Gasteiger partial charge in [0.1, 0.15) is 0 Å². The highest BCUT2D eigenvalue weighted by atomic mass is 35.5. The molecule has 6 rings (SSSR count). The number of hydrogen-bond acceptors (Lipinski definition) is 5. The van der Waals surface area contributed by atoms with Crippen molar-refractivity contribution in [2.45, 2.75) is 0 Å². The summed E-state index contributed by atoms with van der Waals surface area (Å²) in [6.45, 7) is 6.33. The highest BCUT2D eigenvalue weighted by molar-refractivity contribution is 6.30. The number of halogens is 1. The second kappa shape index (κ2) is 6.84. The van der Waals surface area contributed by atoms with Crippen molar-refractivity contribution in [3.63, 3.8) is 0 Å². The average molecular weight is 380 g/mol. The van der Waals surface area contributed by atoms with Gasteiger partial charge in [0.2, 0.25) is 0 Å². The fraction of sp³-hybridized carbons (Fsp3) is 0.333. The molecule has 0 atom stereocenters. The summed E-state index contributed by atoms with van der Waals surface area (Å²) in [7, 11) is 0. The van der Waals surface area contributed by atoms with Gasteiger partial charge in [-0.2, -0.15) is 10.2 Å². The molecule has 0 aliphatic carbocycles. The summed E-state index contributed by atoms with van der Waals surface area (Å²) in [6, 6.07) is 18.2. The molecule has 2 aromatic carbocycles. The molecule has 4 aliphatic heterocycles. The zero-order valence-corrected chi connectivity index (χ0v) is 15.9. The van der Waals surface area contributed by atoms with Crippen LogP contribution in [-0.4, -0.2) is 66.3 Å². The number of nitrogens with zero attached hydrogens (tertiary/aromatic N) is 5. The minimum absolute atomic E-state index is 0.00738. The number of benzene rings is 2. The van der Waals surface area contributed by atoms with E-state index < -0.39 is 0 Å². The van der Waals surface area contributed by atoms with Crippen LogP contribution >= 0.6 is 11.6 Å². The Morgan fingerprint density at radius 2 is 1.44 bits per heavy atom. The highest BCUT2D eigenvalue weighted by Gasteiger charge is 2.51. The van der Waals surface area contributed by atoms with Crippen LogP contribution in [0.5, 0.6) is 0 Å². The molecule has 0 unspecified atom stereocenters. The van der Waals surface area contributed by atoms with Crippen LogP contribution in [0.4, 0.5) is 0 Å².